The summed E-state index contributed by atoms with van der Waals surface area (Å²) < 4.78 is 0. The van der Waals surface area contributed by atoms with E-state index in [1.807, 2.05) is 12.1 Å². The number of benzene rings is 1. The van der Waals surface area contributed by atoms with E-state index in [-0.39, 0.29) is 5.69 Å². The number of carbonyl (C=O) groups is 1. The number of aromatic nitrogens is 1. The average Bonchev–Trinajstić information content (AvgIpc) is 2.62. The molecule has 24 heavy (non-hydrogen) atoms. The van der Waals surface area contributed by atoms with Crippen molar-refractivity contribution in [3.05, 3.63) is 59.9 Å². The predicted octanol–water partition coefficient (Wildman–Crippen LogP) is 3.25. The van der Waals surface area contributed by atoms with Crippen LogP contribution < -0.4 is 5.32 Å². The summed E-state index contributed by atoms with van der Waals surface area (Å²) in [6.45, 7) is 2.89. The van der Waals surface area contributed by atoms with Gasteiger partial charge in [0, 0.05) is 31.0 Å². The van der Waals surface area contributed by atoms with E-state index in [0.29, 0.717) is 6.04 Å². The third-order valence-corrected chi connectivity index (χ3v) is 4.50. The number of nitrogens with zero attached hydrogens (tertiary/aromatic N) is 2. The zero-order valence-electron chi connectivity index (χ0n) is 13.7. The lowest BCUT2D eigenvalue weighted by Crippen LogP contribution is -2.43. The maximum atomic E-state index is 11.0. The van der Waals surface area contributed by atoms with Gasteiger partial charge >= 0.3 is 5.97 Å². The number of hydrogen-bond donors (Lipinski definition) is 2. The average molecular weight is 325 g/mol. The number of carboxylic acids is 1. The quantitative estimate of drug-likeness (QED) is 0.853. The number of rotatable bonds is 6. The second kappa shape index (κ2) is 7.93. The summed E-state index contributed by atoms with van der Waals surface area (Å²) in [5.41, 5.74) is 2.22. The molecule has 0 spiro atoms. The van der Waals surface area contributed by atoms with Crippen molar-refractivity contribution in [1.82, 2.24) is 9.88 Å². The minimum absolute atomic E-state index is 0.0739. The van der Waals surface area contributed by atoms with Gasteiger partial charge in [-0.25, -0.2) is 9.78 Å². The predicted molar refractivity (Wildman–Crippen MR) is 94.2 cm³/mol. The summed E-state index contributed by atoms with van der Waals surface area (Å²) >= 11 is 0. The van der Waals surface area contributed by atoms with Crippen LogP contribution in [0.5, 0.6) is 0 Å². The Hall–Kier alpha value is -2.40. The second-order valence-corrected chi connectivity index (χ2v) is 6.22. The van der Waals surface area contributed by atoms with E-state index < -0.39 is 5.97 Å². The SMILES string of the molecule is O=C(O)c1cc(NCC2CCCCN2Cc2ccccc2)ccn1. The Morgan fingerprint density at radius 3 is 2.88 bits per heavy atom. The molecule has 2 aromatic rings. The van der Waals surface area contributed by atoms with Crippen LogP contribution in [-0.2, 0) is 6.54 Å². The Morgan fingerprint density at radius 2 is 2.08 bits per heavy atom. The fourth-order valence-corrected chi connectivity index (χ4v) is 3.21. The minimum atomic E-state index is -0.998. The van der Waals surface area contributed by atoms with Gasteiger partial charge in [-0.05, 0) is 37.1 Å². The summed E-state index contributed by atoms with van der Waals surface area (Å²) in [7, 11) is 0. The molecular formula is C19H23N3O2. The number of piperidine rings is 1. The summed E-state index contributed by atoms with van der Waals surface area (Å²) in [6, 6.07) is 14.4. The molecule has 1 aliphatic heterocycles. The van der Waals surface area contributed by atoms with Gasteiger partial charge < -0.3 is 10.4 Å². The number of aromatic carboxylic acids is 1. The first-order chi connectivity index (χ1) is 11.7. The molecule has 1 fully saturated rings. The lowest BCUT2D eigenvalue weighted by molar-refractivity contribution is 0.0690. The van der Waals surface area contributed by atoms with E-state index >= 15 is 0 Å². The van der Waals surface area contributed by atoms with Crippen LogP contribution in [-0.4, -0.2) is 40.1 Å². The molecule has 5 nitrogen and oxygen atoms in total. The number of anilines is 1. The van der Waals surface area contributed by atoms with Crippen molar-refractivity contribution < 1.29 is 9.90 Å². The first-order valence-electron chi connectivity index (χ1n) is 8.43. The van der Waals surface area contributed by atoms with Crippen LogP contribution in [0.2, 0.25) is 0 Å². The molecule has 1 aromatic carbocycles. The normalized spacial score (nSPS) is 18.2. The zero-order chi connectivity index (χ0) is 16.8. The Kier molecular flexibility index (Phi) is 5.43. The summed E-state index contributed by atoms with van der Waals surface area (Å²) in [6.07, 6.45) is 5.18. The highest BCUT2D eigenvalue weighted by Gasteiger charge is 2.22. The van der Waals surface area contributed by atoms with Gasteiger partial charge in [0.2, 0.25) is 0 Å². The lowest BCUT2D eigenvalue weighted by atomic mass is 10.0. The van der Waals surface area contributed by atoms with Gasteiger partial charge in [-0.3, -0.25) is 4.90 Å². The monoisotopic (exact) mass is 325 g/mol. The van der Waals surface area contributed by atoms with Gasteiger partial charge in [-0.1, -0.05) is 36.8 Å². The summed E-state index contributed by atoms with van der Waals surface area (Å²) in [5, 5.41) is 12.4. The van der Waals surface area contributed by atoms with Crippen LogP contribution in [0.1, 0.15) is 35.3 Å². The van der Waals surface area contributed by atoms with Crippen LogP contribution in [0.15, 0.2) is 48.7 Å². The third-order valence-electron chi connectivity index (χ3n) is 4.50. The number of carboxylic acid groups (broad SMARTS) is 1. The highest BCUT2D eigenvalue weighted by Crippen LogP contribution is 2.20. The Morgan fingerprint density at radius 1 is 1.25 bits per heavy atom. The molecule has 1 aliphatic rings. The smallest absolute Gasteiger partial charge is 0.354 e. The molecule has 1 atom stereocenters. The van der Waals surface area contributed by atoms with Gasteiger partial charge in [-0.15, -0.1) is 0 Å². The van der Waals surface area contributed by atoms with E-state index in [4.69, 9.17) is 5.11 Å². The molecule has 1 aromatic heterocycles. The van der Waals surface area contributed by atoms with Crippen molar-refractivity contribution in [1.29, 1.82) is 0 Å². The van der Waals surface area contributed by atoms with E-state index in [9.17, 15) is 4.79 Å². The van der Waals surface area contributed by atoms with Crippen molar-refractivity contribution >= 4 is 11.7 Å². The van der Waals surface area contributed by atoms with E-state index in [1.165, 1.54) is 24.6 Å². The van der Waals surface area contributed by atoms with Crippen LogP contribution in [0, 0.1) is 0 Å². The molecule has 1 unspecified atom stereocenters. The van der Waals surface area contributed by atoms with Crippen molar-refractivity contribution in [2.75, 3.05) is 18.4 Å². The van der Waals surface area contributed by atoms with Crippen molar-refractivity contribution in [3.8, 4) is 0 Å². The van der Waals surface area contributed by atoms with Gasteiger partial charge in [0.1, 0.15) is 5.69 Å². The van der Waals surface area contributed by atoms with Crippen molar-refractivity contribution in [3.63, 3.8) is 0 Å². The third kappa shape index (κ3) is 4.32. The molecule has 5 heteroatoms. The Bertz CT molecular complexity index is 675. The zero-order valence-corrected chi connectivity index (χ0v) is 13.7. The van der Waals surface area contributed by atoms with Crippen LogP contribution in [0.3, 0.4) is 0 Å². The number of likely N-dealkylation sites (tertiary alicyclic amines) is 1. The minimum Gasteiger partial charge on any atom is -0.477 e. The summed E-state index contributed by atoms with van der Waals surface area (Å²) in [5.74, 6) is -0.998. The van der Waals surface area contributed by atoms with Crippen molar-refractivity contribution in [2.24, 2.45) is 0 Å². The standard InChI is InChI=1S/C19H23N3O2/c23-19(24)18-12-16(9-10-20-18)21-13-17-8-4-5-11-22(17)14-15-6-2-1-3-7-15/h1-3,6-7,9-10,12,17H,4-5,8,11,13-14H2,(H,20,21)(H,23,24). The van der Waals surface area contributed by atoms with E-state index in [0.717, 1.165) is 31.7 Å². The highest BCUT2D eigenvalue weighted by molar-refractivity contribution is 5.86. The maximum Gasteiger partial charge on any atom is 0.354 e. The molecule has 3 rings (SSSR count). The Labute approximate surface area is 142 Å². The van der Waals surface area contributed by atoms with Crippen LogP contribution in [0.4, 0.5) is 5.69 Å². The first-order valence-corrected chi connectivity index (χ1v) is 8.43. The first kappa shape index (κ1) is 16.5. The molecule has 0 aliphatic carbocycles. The van der Waals surface area contributed by atoms with Gasteiger partial charge in [0.15, 0.2) is 0 Å². The Balaban J connectivity index is 1.61. The molecule has 0 bridgehead atoms. The number of nitrogens with one attached hydrogen (secondary N) is 1. The highest BCUT2D eigenvalue weighted by atomic mass is 16.4. The molecule has 1 saturated heterocycles. The van der Waals surface area contributed by atoms with Crippen LogP contribution in [0.25, 0.3) is 0 Å². The fourth-order valence-electron chi connectivity index (χ4n) is 3.21. The van der Waals surface area contributed by atoms with Crippen molar-refractivity contribution in [2.45, 2.75) is 31.8 Å². The number of hydrogen-bond acceptors (Lipinski definition) is 4. The molecule has 0 saturated carbocycles. The molecule has 0 radical (unpaired) electrons. The maximum absolute atomic E-state index is 11.0. The fraction of sp³-hybridized carbons (Fsp3) is 0.368. The molecule has 126 valence electrons. The van der Waals surface area contributed by atoms with E-state index in [1.54, 1.807) is 6.07 Å². The largest absolute Gasteiger partial charge is 0.477 e. The van der Waals surface area contributed by atoms with Gasteiger partial charge in [0.25, 0.3) is 0 Å². The number of pyridine rings is 1. The lowest BCUT2D eigenvalue weighted by Gasteiger charge is -2.36. The summed E-state index contributed by atoms with van der Waals surface area (Å²) in [4.78, 5) is 17.4. The molecular weight excluding hydrogens is 302 g/mol. The van der Waals surface area contributed by atoms with Gasteiger partial charge in [0.05, 0.1) is 0 Å². The van der Waals surface area contributed by atoms with E-state index in [2.05, 4.69) is 39.5 Å². The molecule has 0 amide bonds. The van der Waals surface area contributed by atoms with Gasteiger partial charge in [-0.2, -0.15) is 0 Å². The molecule has 2 N–H and O–H groups in total. The second-order valence-electron chi connectivity index (χ2n) is 6.22. The molecule has 2 heterocycles. The topological polar surface area (TPSA) is 65.5 Å². The van der Waals surface area contributed by atoms with Crippen LogP contribution >= 0.6 is 0 Å².